The van der Waals surface area contributed by atoms with Crippen molar-refractivity contribution in [3.8, 4) is 17.2 Å². The number of esters is 4. The summed E-state index contributed by atoms with van der Waals surface area (Å²) in [5, 5.41) is 11.9. The first-order valence-electron chi connectivity index (χ1n) is 14.6. The fourth-order valence-electron chi connectivity index (χ4n) is 5.88. The first kappa shape index (κ1) is 32.0. The summed E-state index contributed by atoms with van der Waals surface area (Å²) in [5.41, 5.74) is 3.63. The largest absolute Gasteiger partial charge is 0.463 e. The molecule has 5 rings (SSSR count). The zero-order chi connectivity index (χ0) is 32.2. The summed E-state index contributed by atoms with van der Waals surface area (Å²) in [6.45, 7) is 4.38. The highest BCUT2D eigenvalue weighted by Crippen LogP contribution is 2.44. The van der Waals surface area contributed by atoms with E-state index in [4.69, 9.17) is 28.7 Å². The second kappa shape index (κ2) is 13.7. The Bertz CT molecular complexity index is 1680. The molecule has 0 saturated carbocycles. The third-order valence-electron chi connectivity index (χ3n) is 7.59. The zero-order valence-corrected chi connectivity index (χ0v) is 26.1. The molecule has 2 aliphatic rings. The minimum Gasteiger partial charge on any atom is -0.463 e. The van der Waals surface area contributed by atoms with Gasteiger partial charge in [0.25, 0.3) is 0 Å². The Morgan fingerprint density at radius 3 is 2.31 bits per heavy atom. The molecule has 1 saturated heterocycles. The molecule has 12 nitrogen and oxygen atoms in total. The first-order chi connectivity index (χ1) is 21.6. The van der Waals surface area contributed by atoms with Gasteiger partial charge in [0.05, 0.1) is 5.56 Å². The highest BCUT2D eigenvalue weighted by atomic mass is 32.2. The molecule has 0 unspecified atom stereocenters. The van der Waals surface area contributed by atoms with Gasteiger partial charge in [-0.15, -0.1) is 0 Å². The third-order valence-corrected chi connectivity index (χ3v) is 8.72. The molecule has 13 heteroatoms. The van der Waals surface area contributed by atoms with Crippen LogP contribution in [0.25, 0.3) is 22.0 Å². The predicted molar refractivity (Wildman–Crippen MR) is 161 cm³/mol. The number of benzene rings is 1. The van der Waals surface area contributed by atoms with Crippen LogP contribution < -0.4 is 0 Å². The second-order valence-corrected chi connectivity index (χ2v) is 11.9. The normalized spacial score (nSPS) is 22.5. The van der Waals surface area contributed by atoms with Crippen LogP contribution in [0.15, 0.2) is 35.5 Å². The molecule has 1 aliphatic heterocycles. The number of nitriles is 1. The van der Waals surface area contributed by atoms with Gasteiger partial charge in [-0.1, -0.05) is 30.0 Å². The lowest BCUT2D eigenvalue weighted by atomic mass is 9.87. The highest BCUT2D eigenvalue weighted by molar-refractivity contribution is 7.99. The fourth-order valence-corrected chi connectivity index (χ4v) is 7.07. The highest BCUT2D eigenvalue weighted by Gasteiger charge is 2.53. The number of pyridine rings is 1. The van der Waals surface area contributed by atoms with Crippen LogP contribution in [0.2, 0.25) is 0 Å². The van der Waals surface area contributed by atoms with Crippen molar-refractivity contribution in [2.45, 2.75) is 88.3 Å². The van der Waals surface area contributed by atoms with Crippen molar-refractivity contribution >= 4 is 46.5 Å². The average molecular weight is 636 g/mol. The van der Waals surface area contributed by atoms with Gasteiger partial charge >= 0.3 is 23.9 Å². The molecule has 45 heavy (non-hydrogen) atoms. The van der Waals surface area contributed by atoms with Crippen LogP contribution in [-0.2, 0) is 55.7 Å². The monoisotopic (exact) mass is 635 g/mol. The standard InChI is InChI=1S/C32H33N3O9S/c1-16(36)40-15-26-28(41-17(2)37)29(42-18(3)38)30(43-19(4)39)32(44-26)45-31-22(13-33)27(21-10-6-8-12-25(21)35-31)23-14-34-24-11-7-5-9-20(23)24/h5,7,9,11,14,26,28-30,32,34H,6,8,10,12,15H2,1-4H3/t26-,28-,29+,30-,32+/m1/s1. The van der Waals surface area contributed by atoms with Crippen molar-refractivity contribution in [2.75, 3.05) is 6.61 Å². The van der Waals surface area contributed by atoms with E-state index in [0.29, 0.717) is 17.0 Å². The van der Waals surface area contributed by atoms with Crippen molar-refractivity contribution in [1.82, 2.24) is 9.97 Å². The Kier molecular flexibility index (Phi) is 9.74. The number of carbonyl (C=O) groups is 4. The molecule has 0 radical (unpaired) electrons. The van der Waals surface area contributed by atoms with E-state index in [1.54, 1.807) is 0 Å². The first-order valence-corrected chi connectivity index (χ1v) is 15.4. The lowest BCUT2D eigenvalue weighted by Crippen LogP contribution is -2.61. The summed E-state index contributed by atoms with van der Waals surface area (Å²) in [6.07, 6.45) is 0.261. The van der Waals surface area contributed by atoms with Gasteiger partial charge in [0.15, 0.2) is 23.7 Å². The van der Waals surface area contributed by atoms with E-state index in [1.807, 2.05) is 30.5 Å². The Labute approximate surface area is 263 Å². The summed E-state index contributed by atoms with van der Waals surface area (Å²) in [7, 11) is 0. The number of hydrogen-bond donors (Lipinski definition) is 1. The van der Waals surface area contributed by atoms with E-state index >= 15 is 0 Å². The van der Waals surface area contributed by atoms with Crippen LogP contribution in [0, 0.1) is 11.3 Å². The molecular formula is C32H33N3O9S. The maximum absolute atomic E-state index is 12.3. The minimum atomic E-state index is -1.32. The molecule has 0 spiro atoms. The van der Waals surface area contributed by atoms with Crippen LogP contribution in [0.3, 0.4) is 0 Å². The number of carbonyl (C=O) groups excluding carboxylic acids is 4. The number of nitrogens with one attached hydrogen (secondary N) is 1. The molecule has 236 valence electrons. The number of aryl methyl sites for hydroxylation is 1. The average Bonchev–Trinajstić information content (AvgIpc) is 3.41. The Hall–Kier alpha value is -4.41. The third kappa shape index (κ3) is 6.97. The van der Waals surface area contributed by atoms with E-state index in [9.17, 15) is 24.4 Å². The van der Waals surface area contributed by atoms with Crippen LogP contribution in [0.4, 0.5) is 0 Å². The maximum atomic E-state index is 12.3. The van der Waals surface area contributed by atoms with Crippen LogP contribution >= 0.6 is 11.8 Å². The molecule has 3 aromatic rings. The SMILES string of the molecule is CC(=O)OC[C@H]1O[C@@H](Sc2nc3c(c(-c4c[nH]c5ccccc45)c2C#N)CCCC3)[C@H](OC(C)=O)[C@@H](OC(C)=O)[C@@H]1OC(C)=O. The maximum Gasteiger partial charge on any atom is 0.303 e. The number of rotatable bonds is 8. The van der Waals surface area contributed by atoms with Crippen LogP contribution in [0.5, 0.6) is 0 Å². The molecule has 5 atom stereocenters. The van der Waals surface area contributed by atoms with Crippen molar-refractivity contribution in [3.63, 3.8) is 0 Å². The number of H-pyrrole nitrogens is 1. The Morgan fingerprint density at radius 2 is 1.62 bits per heavy atom. The Balaban J connectivity index is 1.64. The molecule has 1 aliphatic carbocycles. The zero-order valence-electron chi connectivity index (χ0n) is 25.3. The van der Waals surface area contributed by atoms with Gasteiger partial charge in [-0.05, 0) is 37.3 Å². The van der Waals surface area contributed by atoms with Gasteiger partial charge in [0.1, 0.15) is 23.8 Å². The molecular weight excluding hydrogens is 602 g/mol. The summed E-state index contributed by atoms with van der Waals surface area (Å²) >= 11 is 1.03. The Morgan fingerprint density at radius 1 is 0.956 bits per heavy atom. The molecule has 3 heterocycles. The van der Waals surface area contributed by atoms with E-state index in [0.717, 1.165) is 71.2 Å². The summed E-state index contributed by atoms with van der Waals surface area (Å²) in [4.78, 5) is 56.7. The lowest BCUT2D eigenvalue weighted by molar-refractivity contribution is -0.237. The molecule has 1 N–H and O–H groups in total. The van der Waals surface area contributed by atoms with Crippen molar-refractivity contribution < 1.29 is 42.9 Å². The van der Waals surface area contributed by atoms with Crippen molar-refractivity contribution in [2.24, 2.45) is 0 Å². The van der Waals surface area contributed by atoms with Gasteiger partial charge in [0.2, 0.25) is 0 Å². The summed E-state index contributed by atoms with van der Waals surface area (Å²) in [5.74, 6) is -2.75. The van der Waals surface area contributed by atoms with E-state index in [2.05, 4.69) is 11.1 Å². The smallest absolute Gasteiger partial charge is 0.303 e. The summed E-state index contributed by atoms with van der Waals surface area (Å²) in [6, 6.07) is 10.2. The summed E-state index contributed by atoms with van der Waals surface area (Å²) < 4.78 is 28.2. The van der Waals surface area contributed by atoms with E-state index in [1.165, 1.54) is 20.8 Å². The number of nitrogens with zero attached hydrogens (tertiary/aromatic N) is 2. The second-order valence-electron chi connectivity index (χ2n) is 10.8. The number of ether oxygens (including phenoxy) is 5. The molecule has 0 amide bonds. The molecule has 2 aromatic heterocycles. The van der Waals surface area contributed by atoms with Crippen LogP contribution in [-0.4, -0.2) is 70.3 Å². The van der Waals surface area contributed by atoms with E-state index < -0.39 is 53.7 Å². The number of aromatic amines is 1. The van der Waals surface area contributed by atoms with Gasteiger partial charge in [-0.25, -0.2) is 4.98 Å². The number of aromatic nitrogens is 2. The van der Waals surface area contributed by atoms with Crippen molar-refractivity contribution in [1.29, 1.82) is 5.26 Å². The number of hydrogen-bond acceptors (Lipinski definition) is 12. The van der Waals surface area contributed by atoms with E-state index in [-0.39, 0.29) is 6.61 Å². The van der Waals surface area contributed by atoms with Gasteiger partial charge in [0, 0.05) is 61.6 Å². The topological polar surface area (TPSA) is 167 Å². The number of para-hydroxylation sites is 1. The van der Waals surface area contributed by atoms with Crippen molar-refractivity contribution in [3.05, 3.63) is 47.3 Å². The lowest BCUT2D eigenvalue weighted by Gasteiger charge is -2.44. The fraction of sp³-hybridized carbons (Fsp3) is 0.438. The van der Waals surface area contributed by atoms with Gasteiger partial charge in [-0.2, -0.15) is 5.26 Å². The number of thioether (sulfide) groups is 1. The minimum absolute atomic E-state index is 0.318. The van der Waals surface area contributed by atoms with Gasteiger partial charge < -0.3 is 28.7 Å². The molecule has 1 fully saturated rings. The van der Waals surface area contributed by atoms with Crippen LogP contribution in [0.1, 0.15) is 57.4 Å². The quantitative estimate of drug-likeness (QED) is 0.278. The molecule has 0 bridgehead atoms. The molecule has 1 aromatic carbocycles. The number of fused-ring (bicyclic) bond motifs is 2. The predicted octanol–water partition coefficient (Wildman–Crippen LogP) is 4.16. The van der Waals surface area contributed by atoms with Gasteiger partial charge in [-0.3, -0.25) is 19.2 Å².